The van der Waals surface area contributed by atoms with Crippen molar-refractivity contribution < 1.29 is 22.4 Å². The van der Waals surface area contributed by atoms with E-state index in [1.165, 1.54) is 35.5 Å². The van der Waals surface area contributed by atoms with Crippen molar-refractivity contribution in [3.05, 3.63) is 72.1 Å². The van der Waals surface area contributed by atoms with E-state index in [0.29, 0.717) is 18.7 Å². The molecule has 1 heterocycles. The fourth-order valence-electron chi connectivity index (χ4n) is 2.91. The van der Waals surface area contributed by atoms with Gasteiger partial charge in [0.05, 0.1) is 23.5 Å². The molecule has 0 aliphatic carbocycles. The predicted octanol–water partition coefficient (Wildman–Crippen LogP) is 3.89. The van der Waals surface area contributed by atoms with Crippen LogP contribution in [0.1, 0.15) is 18.1 Å². The van der Waals surface area contributed by atoms with Crippen molar-refractivity contribution in [2.75, 3.05) is 18.4 Å². The Morgan fingerprint density at radius 3 is 2.63 bits per heavy atom. The molecule has 3 aromatic rings. The van der Waals surface area contributed by atoms with E-state index in [1.54, 1.807) is 17.0 Å². The Labute approximate surface area is 170 Å². The molecule has 1 aromatic heterocycles. The number of likely N-dealkylation sites (N-methyl/N-ethyl adjacent to an activating group) is 1. The molecule has 158 valence electrons. The molecule has 30 heavy (non-hydrogen) atoms. The number of nitrogens with zero attached hydrogens (tertiary/aromatic N) is 4. The number of benzene rings is 2. The SMILES string of the molecule is CCN(CC(=O)Nc1cc(C(F)(F)F)ccc1-n1cncn1)Cc1cccc(F)c1. The Morgan fingerprint density at radius 2 is 2.00 bits per heavy atom. The third-order valence-corrected chi connectivity index (χ3v) is 4.37. The van der Waals surface area contributed by atoms with E-state index in [2.05, 4.69) is 15.4 Å². The van der Waals surface area contributed by atoms with Crippen molar-refractivity contribution >= 4 is 11.6 Å². The molecule has 0 aliphatic heterocycles. The standard InChI is InChI=1S/C20H19F4N5O/c1-2-28(10-14-4-3-5-16(21)8-14)11-19(30)27-17-9-15(20(22,23)24)6-7-18(17)29-13-25-12-26-29/h3-9,12-13H,2,10-11H2,1H3,(H,27,30). The maximum atomic E-state index is 13.4. The Morgan fingerprint density at radius 1 is 1.20 bits per heavy atom. The van der Waals surface area contributed by atoms with Crippen molar-refractivity contribution in [3.63, 3.8) is 0 Å². The van der Waals surface area contributed by atoms with Crippen LogP contribution in [0.15, 0.2) is 55.1 Å². The van der Waals surface area contributed by atoms with E-state index in [4.69, 9.17) is 0 Å². The lowest BCUT2D eigenvalue weighted by Gasteiger charge is -2.21. The quantitative estimate of drug-likeness (QED) is 0.588. The molecular formula is C20H19F4N5O. The lowest BCUT2D eigenvalue weighted by atomic mass is 10.1. The van der Waals surface area contributed by atoms with E-state index in [1.807, 2.05) is 6.92 Å². The lowest BCUT2D eigenvalue weighted by molar-refractivity contribution is -0.137. The van der Waals surface area contributed by atoms with Gasteiger partial charge in [0.1, 0.15) is 18.5 Å². The summed E-state index contributed by atoms with van der Waals surface area (Å²) in [7, 11) is 0. The van der Waals surface area contributed by atoms with Crippen LogP contribution in [0.3, 0.4) is 0 Å². The van der Waals surface area contributed by atoms with Crippen LogP contribution in [-0.4, -0.2) is 38.7 Å². The van der Waals surface area contributed by atoms with E-state index >= 15 is 0 Å². The molecule has 0 unspecified atom stereocenters. The van der Waals surface area contributed by atoms with Crippen LogP contribution in [0.4, 0.5) is 23.2 Å². The summed E-state index contributed by atoms with van der Waals surface area (Å²) in [5.41, 5.74) is 0.00459. The highest BCUT2D eigenvalue weighted by molar-refractivity contribution is 5.94. The number of halogens is 4. The molecule has 3 rings (SSSR count). The fraction of sp³-hybridized carbons (Fsp3) is 0.250. The molecule has 1 N–H and O–H groups in total. The molecule has 0 spiro atoms. The van der Waals surface area contributed by atoms with Gasteiger partial charge in [-0.2, -0.15) is 18.3 Å². The molecule has 0 bridgehead atoms. The summed E-state index contributed by atoms with van der Waals surface area (Å²) in [6.45, 7) is 2.56. The number of aromatic nitrogens is 3. The van der Waals surface area contributed by atoms with Crippen LogP contribution in [0.25, 0.3) is 5.69 Å². The van der Waals surface area contributed by atoms with Crippen molar-refractivity contribution in [1.29, 1.82) is 0 Å². The van der Waals surface area contributed by atoms with Gasteiger partial charge in [0, 0.05) is 6.54 Å². The normalized spacial score (nSPS) is 11.7. The summed E-state index contributed by atoms with van der Waals surface area (Å²) in [5.74, 6) is -0.886. The highest BCUT2D eigenvalue weighted by Gasteiger charge is 2.31. The van der Waals surface area contributed by atoms with Crippen molar-refractivity contribution in [3.8, 4) is 5.69 Å². The maximum absolute atomic E-state index is 13.4. The topological polar surface area (TPSA) is 63.1 Å². The van der Waals surface area contributed by atoms with Gasteiger partial charge in [-0.15, -0.1) is 0 Å². The van der Waals surface area contributed by atoms with Gasteiger partial charge in [-0.05, 0) is 42.4 Å². The highest BCUT2D eigenvalue weighted by atomic mass is 19.4. The Kier molecular flexibility index (Phi) is 6.46. The van der Waals surface area contributed by atoms with Gasteiger partial charge >= 0.3 is 6.18 Å². The number of carbonyl (C=O) groups is 1. The number of hydrogen-bond donors (Lipinski definition) is 1. The van der Waals surface area contributed by atoms with Gasteiger partial charge in [-0.3, -0.25) is 9.69 Å². The zero-order chi connectivity index (χ0) is 21.7. The Balaban J connectivity index is 1.78. The molecule has 6 nitrogen and oxygen atoms in total. The molecule has 1 amide bonds. The van der Waals surface area contributed by atoms with Gasteiger partial charge < -0.3 is 5.32 Å². The summed E-state index contributed by atoms with van der Waals surface area (Å²) < 4.78 is 54.0. The first kappa shape index (κ1) is 21.4. The summed E-state index contributed by atoms with van der Waals surface area (Å²) >= 11 is 0. The Bertz CT molecular complexity index is 1000. The molecule has 0 aliphatic rings. The molecule has 2 aromatic carbocycles. The molecule has 0 atom stereocenters. The molecule has 0 fully saturated rings. The summed E-state index contributed by atoms with van der Waals surface area (Å²) in [6.07, 6.45) is -2.01. The zero-order valence-corrected chi connectivity index (χ0v) is 16.0. The van der Waals surface area contributed by atoms with Crippen molar-refractivity contribution in [1.82, 2.24) is 19.7 Å². The second-order valence-electron chi connectivity index (χ2n) is 6.55. The third-order valence-electron chi connectivity index (χ3n) is 4.37. The molecule has 0 saturated heterocycles. The van der Waals surface area contributed by atoms with Gasteiger partial charge in [-0.1, -0.05) is 19.1 Å². The summed E-state index contributed by atoms with van der Waals surface area (Å²) in [5, 5.41) is 6.44. The summed E-state index contributed by atoms with van der Waals surface area (Å²) in [4.78, 5) is 18.1. The van der Waals surface area contributed by atoms with Gasteiger partial charge in [0.2, 0.25) is 5.91 Å². The zero-order valence-electron chi connectivity index (χ0n) is 16.0. The van der Waals surface area contributed by atoms with Crippen molar-refractivity contribution in [2.24, 2.45) is 0 Å². The van der Waals surface area contributed by atoms with E-state index in [0.717, 1.165) is 12.1 Å². The molecule has 0 saturated carbocycles. The second-order valence-corrected chi connectivity index (χ2v) is 6.55. The number of amides is 1. The number of carbonyl (C=O) groups excluding carboxylic acids is 1. The van der Waals surface area contributed by atoms with Crippen LogP contribution in [-0.2, 0) is 17.5 Å². The largest absolute Gasteiger partial charge is 0.416 e. The smallest absolute Gasteiger partial charge is 0.323 e. The number of nitrogens with one attached hydrogen (secondary N) is 1. The lowest BCUT2D eigenvalue weighted by Crippen LogP contribution is -2.33. The maximum Gasteiger partial charge on any atom is 0.416 e. The van der Waals surface area contributed by atoms with Gasteiger partial charge in [0.25, 0.3) is 0 Å². The van der Waals surface area contributed by atoms with Crippen molar-refractivity contribution in [2.45, 2.75) is 19.6 Å². The fourth-order valence-corrected chi connectivity index (χ4v) is 2.91. The van der Waals surface area contributed by atoms with Crippen LogP contribution in [0.5, 0.6) is 0 Å². The van der Waals surface area contributed by atoms with Crippen LogP contribution >= 0.6 is 0 Å². The number of hydrogen-bond acceptors (Lipinski definition) is 4. The highest BCUT2D eigenvalue weighted by Crippen LogP contribution is 2.33. The average Bonchev–Trinajstić information content (AvgIpc) is 3.21. The first-order valence-corrected chi connectivity index (χ1v) is 9.09. The van der Waals surface area contributed by atoms with E-state index in [9.17, 15) is 22.4 Å². The molecule has 0 radical (unpaired) electrons. The first-order valence-electron chi connectivity index (χ1n) is 9.09. The number of alkyl halides is 3. The summed E-state index contributed by atoms with van der Waals surface area (Å²) in [6, 6.07) is 9.00. The van der Waals surface area contributed by atoms with E-state index in [-0.39, 0.29) is 23.7 Å². The molecular weight excluding hydrogens is 402 g/mol. The number of rotatable bonds is 7. The minimum atomic E-state index is -4.56. The minimum absolute atomic E-state index is 0.0397. The van der Waals surface area contributed by atoms with Gasteiger partial charge in [-0.25, -0.2) is 14.1 Å². The van der Waals surface area contributed by atoms with E-state index < -0.39 is 17.6 Å². The minimum Gasteiger partial charge on any atom is -0.323 e. The predicted molar refractivity (Wildman–Crippen MR) is 102 cm³/mol. The first-order chi connectivity index (χ1) is 14.3. The average molecular weight is 421 g/mol. The monoisotopic (exact) mass is 421 g/mol. The van der Waals surface area contributed by atoms with Crippen LogP contribution in [0, 0.1) is 5.82 Å². The van der Waals surface area contributed by atoms with Crippen LogP contribution in [0.2, 0.25) is 0 Å². The third kappa shape index (κ3) is 5.41. The second kappa shape index (κ2) is 9.04. The van der Waals surface area contributed by atoms with Gasteiger partial charge in [0.15, 0.2) is 0 Å². The number of anilines is 1. The molecule has 10 heteroatoms. The Hall–Kier alpha value is -3.27. The van der Waals surface area contributed by atoms with Crippen LogP contribution < -0.4 is 5.32 Å².